The first-order chi connectivity index (χ1) is 9.84. The number of para-hydroxylation sites is 1. The molecule has 0 bridgehead atoms. The number of aliphatic carboxylic acids is 1. The fourth-order valence-electron chi connectivity index (χ4n) is 2.30. The van der Waals surface area contributed by atoms with Crippen LogP contribution in [-0.2, 0) is 14.8 Å². The number of sulfonamides is 1. The molecule has 114 valence electrons. The zero-order valence-electron chi connectivity index (χ0n) is 11.0. The average molecular weight is 313 g/mol. The molecule has 2 rings (SSSR count). The van der Waals surface area contributed by atoms with Crippen LogP contribution in [0.25, 0.3) is 0 Å². The van der Waals surface area contributed by atoms with Crippen molar-refractivity contribution >= 4 is 21.7 Å². The molecule has 1 aliphatic heterocycles. The summed E-state index contributed by atoms with van der Waals surface area (Å²) >= 11 is 0. The maximum Gasteiger partial charge on any atom is 0.289 e. The van der Waals surface area contributed by atoms with Gasteiger partial charge in [0.2, 0.25) is 10.0 Å². The van der Waals surface area contributed by atoms with Crippen LogP contribution in [0.15, 0.2) is 29.2 Å². The Morgan fingerprint density at radius 3 is 2.33 bits per heavy atom. The molecule has 1 aromatic carbocycles. The number of nitro benzene ring substituents is 1. The van der Waals surface area contributed by atoms with E-state index in [-0.39, 0.29) is 30.8 Å². The maximum atomic E-state index is 12.4. The molecule has 0 spiro atoms. The summed E-state index contributed by atoms with van der Waals surface area (Å²) in [7, 11) is -4.01. The van der Waals surface area contributed by atoms with Crippen LogP contribution in [0.3, 0.4) is 0 Å². The lowest BCUT2D eigenvalue weighted by Gasteiger charge is -2.31. The van der Waals surface area contributed by atoms with E-state index in [0.29, 0.717) is 0 Å². The van der Waals surface area contributed by atoms with E-state index in [4.69, 9.17) is 0 Å². The number of carbonyl (C=O) groups is 1. The minimum Gasteiger partial charge on any atom is -0.550 e. The standard InChI is InChI=1S/C12H14N2O6S/c15-12(16)9-5-7-13(8-6-9)21(19,20)11-4-2-1-3-10(11)14(17)18/h1-4,9H,5-8H2,(H,15,16)/p-1. The lowest BCUT2D eigenvalue weighted by molar-refractivity contribution is -0.387. The molecule has 1 saturated heterocycles. The number of hydrogen-bond acceptors (Lipinski definition) is 6. The number of nitrogens with zero attached hydrogens (tertiary/aromatic N) is 2. The SMILES string of the molecule is O=C([O-])C1CCN(S(=O)(=O)c2ccccc2[N+](=O)[O-])CC1. The first kappa shape index (κ1) is 15.4. The van der Waals surface area contributed by atoms with E-state index in [1.54, 1.807) is 0 Å². The van der Waals surface area contributed by atoms with Crippen LogP contribution < -0.4 is 5.11 Å². The molecule has 1 heterocycles. The second-order valence-electron chi connectivity index (χ2n) is 4.72. The van der Waals surface area contributed by atoms with E-state index in [1.807, 2.05) is 0 Å². The second kappa shape index (κ2) is 5.78. The zero-order valence-corrected chi connectivity index (χ0v) is 11.8. The number of benzene rings is 1. The van der Waals surface area contributed by atoms with E-state index in [2.05, 4.69) is 0 Å². The summed E-state index contributed by atoms with van der Waals surface area (Å²) in [5, 5.41) is 21.7. The quantitative estimate of drug-likeness (QED) is 0.558. The van der Waals surface area contributed by atoms with Gasteiger partial charge in [-0.25, -0.2) is 8.42 Å². The van der Waals surface area contributed by atoms with Gasteiger partial charge in [-0.05, 0) is 18.9 Å². The van der Waals surface area contributed by atoms with Gasteiger partial charge < -0.3 is 9.90 Å². The molecule has 0 N–H and O–H groups in total. The highest BCUT2D eigenvalue weighted by Crippen LogP contribution is 2.29. The van der Waals surface area contributed by atoms with Gasteiger partial charge in [-0.3, -0.25) is 10.1 Å². The summed E-state index contributed by atoms with van der Waals surface area (Å²) in [6.07, 6.45) is 0.282. The highest BCUT2D eigenvalue weighted by atomic mass is 32.2. The Morgan fingerprint density at radius 2 is 1.81 bits per heavy atom. The van der Waals surface area contributed by atoms with Gasteiger partial charge in [0.15, 0.2) is 4.90 Å². The Morgan fingerprint density at radius 1 is 1.24 bits per heavy atom. The van der Waals surface area contributed by atoms with Crippen molar-refractivity contribution in [2.24, 2.45) is 5.92 Å². The molecule has 1 aromatic rings. The van der Waals surface area contributed by atoms with Gasteiger partial charge in [-0.2, -0.15) is 4.31 Å². The fraction of sp³-hybridized carbons (Fsp3) is 0.417. The summed E-state index contributed by atoms with van der Waals surface area (Å²) in [6.45, 7) is 0.0139. The van der Waals surface area contributed by atoms with E-state index in [9.17, 15) is 28.4 Å². The van der Waals surface area contributed by atoms with Crippen LogP contribution in [0.5, 0.6) is 0 Å². The van der Waals surface area contributed by atoms with Crippen molar-refractivity contribution < 1.29 is 23.2 Å². The van der Waals surface area contributed by atoms with Crippen LogP contribution in [0.1, 0.15) is 12.8 Å². The number of carboxylic acids is 1. The first-order valence-electron chi connectivity index (χ1n) is 6.28. The minimum atomic E-state index is -4.01. The topological polar surface area (TPSA) is 121 Å². The summed E-state index contributed by atoms with van der Waals surface area (Å²) in [6, 6.07) is 5.10. The molecule has 8 nitrogen and oxygen atoms in total. The van der Waals surface area contributed by atoms with E-state index in [0.717, 1.165) is 10.4 Å². The Labute approximate surface area is 121 Å². The molecule has 0 unspecified atom stereocenters. The highest BCUT2D eigenvalue weighted by molar-refractivity contribution is 7.89. The van der Waals surface area contributed by atoms with Crippen LogP contribution in [0.2, 0.25) is 0 Å². The Hall–Kier alpha value is -2.00. The molecule has 9 heteroatoms. The monoisotopic (exact) mass is 313 g/mol. The van der Waals surface area contributed by atoms with Crippen molar-refractivity contribution in [3.63, 3.8) is 0 Å². The van der Waals surface area contributed by atoms with Crippen LogP contribution in [0.4, 0.5) is 5.69 Å². The lowest BCUT2D eigenvalue weighted by atomic mass is 9.99. The predicted molar refractivity (Wildman–Crippen MR) is 69.6 cm³/mol. The van der Waals surface area contributed by atoms with Gasteiger partial charge in [0.1, 0.15) is 0 Å². The number of carbonyl (C=O) groups excluding carboxylic acids is 1. The highest BCUT2D eigenvalue weighted by Gasteiger charge is 2.34. The van der Waals surface area contributed by atoms with Crippen molar-refractivity contribution in [3.05, 3.63) is 34.4 Å². The summed E-state index contributed by atoms with van der Waals surface area (Å²) in [5.41, 5.74) is -0.487. The van der Waals surface area contributed by atoms with Gasteiger partial charge in [-0.15, -0.1) is 0 Å². The molecule has 0 aliphatic carbocycles. The third-order valence-corrected chi connectivity index (χ3v) is 5.41. The molecule has 1 aliphatic rings. The average Bonchev–Trinajstić information content (AvgIpc) is 2.47. The normalized spacial score (nSPS) is 17.5. The zero-order chi connectivity index (χ0) is 15.6. The number of nitro groups is 1. The number of hydrogen-bond donors (Lipinski definition) is 0. The van der Waals surface area contributed by atoms with Gasteiger partial charge in [0, 0.05) is 31.0 Å². The second-order valence-corrected chi connectivity index (χ2v) is 6.63. The van der Waals surface area contributed by atoms with Gasteiger partial charge in [-0.1, -0.05) is 12.1 Å². The van der Waals surface area contributed by atoms with E-state index >= 15 is 0 Å². The van der Waals surface area contributed by atoms with Crippen molar-refractivity contribution in [2.75, 3.05) is 13.1 Å². The third kappa shape index (κ3) is 3.03. The maximum absolute atomic E-state index is 12.4. The smallest absolute Gasteiger partial charge is 0.289 e. The van der Waals surface area contributed by atoms with E-state index < -0.39 is 32.5 Å². The molecule has 0 atom stereocenters. The van der Waals surface area contributed by atoms with Gasteiger partial charge in [0.25, 0.3) is 5.69 Å². The largest absolute Gasteiger partial charge is 0.550 e. The number of carboxylic acid groups (broad SMARTS) is 1. The predicted octanol–water partition coefficient (Wildman–Crippen LogP) is -0.255. The number of piperidine rings is 1. The molecule has 0 saturated carbocycles. The number of rotatable bonds is 4. The van der Waals surface area contributed by atoms with Crippen molar-refractivity contribution in [1.29, 1.82) is 0 Å². The van der Waals surface area contributed by atoms with Gasteiger partial charge in [0.05, 0.1) is 4.92 Å². The Kier molecular flexibility index (Phi) is 4.24. The lowest BCUT2D eigenvalue weighted by Crippen LogP contribution is -2.43. The van der Waals surface area contributed by atoms with Gasteiger partial charge >= 0.3 is 0 Å². The van der Waals surface area contributed by atoms with Crippen molar-refractivity contribution in [2.45, 2.75) is 17.7 Å². The molecule has 0 radical (unpaired) electrons. The molecule has 0 amide bonds. The molecule has 21 heavy (non-hydrogen) atoms. The summed E-state index contributed by atoms with van der Waals surface area (Å²) in [4.78, 5) is 20.6. The molecule has 0 aromatic heterocycles. The molecule has 1 fully saturated rings. The van der Waals surface area contributed by atoms with Crippen LogP contribution in [0, 0.1) is 16.0 Å². The first-order valence-corrected chi connectivity index (χ1v) is 7.72. The molecular weight excluding hydrogens is 300 g/mol. The minimum absolute atomic E-state index is 0.00697. The third-order valence-electron chi connectivity index (χ3n) is 3.47. The van der Waals surface area contributed by atoms with Crippen molar-refractivity contribution in [3.8, 4) is 0 Å². The Bertz CT molecular complexity index is 664. The molecular formula is C12H13N2O6S-. The summed E-state index contributed by atoms with van der Waals surface area (Å²) < 4.78 is 26.0. The van der Waals surface area contributed by atoms with Crippen LogP contribution >= 0.6 is 0 Å². The van der Waals surface area contributed by atoms with E-state index in [1.165, 1.54) is 18.2 Å². The fourth-order valence-corrected chi connectivity index (χ4v) is 3.92. The van der Waals surface area contributed by atoms with Crippen LogP contribution in [-0.4, -0.2) is 36.7 Å². The van der Waals surface area contributed by atoms with Crippen molar-refractivity contribution in [1.82, 2.24) is 4.31 Å². The Balaban J connectivity index is 2.28. The summed E-state index contributed by atoms with van der Waals surface area (Å²) in [5.74, 6) is -1.88.